The first-order chi connectivity index (χ1) is 22.6. The standard InChI is InChI=1S/C39H30N2O6/c1-23-11-17-31-33(19-23)37(44)40(35(31)42)26-8-6-9-27(21-26)41-36(43)32-18-16-30(22-34(32)38(41)45)47-29-10-5-7-25(20-29)39(2,3)24-12-14-28(46-4)15-13-24/h5-22H,1-4H3. The maximum absolute atomic E-state index is 13.7. The molecular formula is C39H30N2O6. The number of rotatable bonds is 7. The first-order valence-electron chi connectivity index (χ1n) is 15.1. The normalized spacial score (nSPS) is 14.0. The summed E-state index contributed by atoms with van der Waals surface area (Å²) >= 11 is 0. The molecule has 4 amide bonds. The van der Waals surface area contributed by atoms with Crippen LogP contribution in [0.3, 0.4) is 0 Å². The summed E-state index contributed by atoms with van der Waals surface area (Å²) in [5.74, 6) is -0.165. The molecule has 0 radical (unpaired) electrons. The van der Waals surface area contributed by atoms with Crippen LogP contribution in [0.15, 0.2) is 109 Å². The van der Waals surface area contributed by atoms with Crippen LogP contribution in [0.4, 0.5) is 11.4 Å². The van der Waals surface area contributed by atoms with E-state index >= 15 is 0 Å². The van der Waals surface area contributed by atoms with Gasteiger partial charge in [-0.15, -0.1) is 0 Å². The number of amides is 4. The summed E-state index contributed by atoms with van der Waals surface area (Å²) in [5.41, 5.74) is 4.26. The van der Waals surface area contributed by atoms with E-state index in [1.165, 1.54) is 6.07 Å². The second-order valence-electron chi connectivity index (χ2n) is 12.2. The number of hydrogen-bond acceptors (Lipinski definition) is 6. The van der Waals surface area contributed by atoms with Gasteiger partial charge in [0, 0.05) is 5.41 Å². The number of ether oxygens (including phenoxy) is 2. The molecular weight excluding hydrogens is 592 g/mol. The van der Waals surface area contributed by atoms with Gasteiger partial charge in [0.1, 0.15) is 17.2 Å². The highest BCUT2D eigenvalue weighted by Gasteiger charge is 2.40. The molecule has 2 heterocycles. The Morgan fingerprint density at radius 1 is 0.511 bits per heavy atom. The van der Waals surface area contributed by atoms with Crippen molar-refractivity contribution in [2.75, 3.05) is 16.9 Å². The molecule has 0 saturated heterocycles. The summed E-state index contributed by atoms with van der Waals surface area (Å²) < 4.78 is 11.5. The largest absolute Gasteiger partial charge is 0.497 e. The second kappa shape index (κ2) is 11.1. The van der Waals surface area contributed by atoms with E-state index in [1.807, 2.05) is 55.5 Å². The summed E-state index contributed by atoms with van der Waals surface area (Å²) in [6.07, 6.45) is 0. The molecule has 8 nitrogen and oxygen atoms in total. The summed E-state index contributed by atoms with van der Waals surface area (Å²) in [7, 11) is 1.64. The summed E-state index contributed by atoms with van der Waals surface area (Å²) in [4.78, 5) is 55.6. The van der Waals surface area contributed by atoms with Crippen molar-refractivity contribution in [1.29, 1.82) is 0 Å². The van der Waals surface area contributed by atoms with Crippen molar-refractivity contribution in [3.63, 3.8) is 0 Å². The highest BCUT2D eigenvalue weighted by molar-refractivity contribution is 6.36. The Morgan fingerprint density at radius 3 is 1.68 bits per heavy atom. The van der Waals surface area contributed by atoms with Crippen molar-refractivity contribution in [2.24, 2.45) is 0 Å². The predicted molar refractivity (Wildman–Crippen MR) is 178 cm³/mol. The Hall–Kier alpha value is -6.02. The first kappa shape index (κ1) is 29.7. The van der Waals surface area contributed by atoms with E-state index < -0.39 is 23.6 Å². The molecule has 0 atom stereocenters. The number of fused-ring (bicyclic) bond motifs is 2. The minimum atomic E-state index is -0.528. The molecule has 8 heteroatoms. The molecule has 7 rings (SSSR count). The zero-order chi connectivity index (χ0) is 33.0. The van der Waals surface area contributed by atoms with Crippen LogP contribution in [0, 0.1) is 6.92 Å². The minimum absolute atomic E-state index is 0.198. The zero-order valence-corrected chi connectivity index (χ0v) is 26.2. The van der Waals surface area contributed by atoms with E-state index in [2.05, 4.69) is 13.8 Å². The van der Waals surface area contributed by atoms with Crippen LogP contribution in [-0.2, 0) is 5.41 Å². The van der Waals surface area contributed by atoms with Gasteiger partial charge in [0.05, 0.1) is 40.7 Å². The molecule has 0 unspecified atom stereocenters. The van der Waals surface area contributed by atoms with Gasteiger partial charge in [-0.25, -0.2) is 9.80 Å². The molecule has 2 aliphatic rings. The first-order valence-corrected chi connectivity index (χ1v) is 15.1. The Bertz CT molecular complexity index is 2130. The average molecular weight is 623 g/mol. The summed E-state index contributed by atoms with van der Waals surface area (Å²) in [6, 6.07) is 31.9. The van der Waals surface area contributed by atoms with Crippen molar-refractivity contribution in [2.45, 2.75) is 26.2 Å². The van der Waals surface area contributed by atoms with Gasteiger partial charge in [0.25, 0.3) is 23.6 Å². The lowest BCUT2D eigenvalue weighted by Crippen LogP contribution is -2.31. The number of aryl methyl sites for hydroxylation is 1. The third-order valence-corrected chi connectivity index (χ3v) is 8.85. The third kappa shape index (κ3) is 4.95. The molecule has 0 N–H and O–H groups in total. The topological polar surface area (TPSA) is 93.2 Å². The fourth-order valence-corrected chi connectivity index (χ4v) is 6.14. The maximum atomic E-state index is 13.7. The lowest BCUT2D eigenvalue weighted by atomic mass is 9.78. The average Bonchev–Trinajstić information content (AvgIpc) is 3.47. The van der Waals surface area contributed by atoms with E-state index in [0.717, 1.165) is 32.2 Å². The SMILES string of the molecule is COc1ccc(C(C)(C)c2cccc(Oc3ccc4c(c3)C(=O)N(c3cccc(N5C(=O)c6ccc(C)cc6C5=O)c3)C4=O)c2)cc1. The molecule has 0 fully saturated rings. The number of carbonyl (C=O) groups is 4. The van der Waals surface area contributed by atoms with Crippen LogP contribution in [0.2, 0.25) is 0 Å². The second-order valence-corrected chi connectivity index (χ2v) is 12.2. The Kier molecular flexibility index (Phi) is 7.01. The molecule has 232 valence electrons. The van der Waals surface area contributed by atoms with Gasteiger partial charge in [-0.1, -0.05) is 55.8 Å². The molecule has 2 aliphatic heterocycles. The van der Waals surface area contributed by atoms with Gasteiger partial charge in [-0.3, -0.25) is 19.2 Å². The molecule has 0 spiro atoms. The van der Waals surface area contributed by atoms with Crippen LogP contribution in [0.5, 0.6) is 17.2 Å². The van der Waals surface area contributed by atoms with Crippen LogP contribution >= 0.6 is 0 Å². The Balaban J connectivity index is 1.13. The molecule has 5 aromatic carbocycles. The summed E-state index contributed by atoms with van der Waals surface area (Å²) in [5, 5.41) is 0. The van der Waals surface area contributed by atoms with Gasteiger partial charge < -0.3 is 9.47 Å². The van der Waals surface area contributed by atoms with Gasteiger partial charge in [-0.05, 0) is 90.8 Å². The quantitative estimate of drug-likeness (QED) is 0.173. The van der Waals surface area contributed by atoms with Crippen LogP contribution in [0.25, 0.3) is 0 Å². The van der Waals surface area contributed by atoms with E-state index in [4.69, 9.17) is 9.47 Å². The van der Waals surface area contributed by atoms with Gasteiger partial charge in [-0.2, -0.15) is 0 Å². The van der Waals surface area contributed by atoms with E-state index in [0.29, 0.717) is 22.6 Å². The minimum Gasteiger partial charge on any atom is -0.497 e. The molecule has 0 aliphatic carbocycles. The van der Waals surface area contributed by atoms with E-state index in [9.17, 15) is 19.2 Å². The lowest BCUT2D eigenvalue weighted by Gasteiger charge is -2.26. The highest BCUT2D eigenvalue weighted by Crippen LogP contribution is 2.38. The Labute approximate surface area is 271 Å². The van der Waals surface area contributed by atoms with Crippen molar-refractivity contribution >= 4 is 35.0 Å². The fraction of sp³-hybridized carbons (Fsp3) is 0.128. The summed E-state index contributed by atoms with van der Waals surface area (Å²) in [6.45, 7) is 6.11. The highest BCUT2D eigenvalue weighted by atomic mass is 16.5. The smallest absolute Gasteiger partial charge is 0.266 e. The van der Waals surface area contributed by atoms with Crippen molar-refractivity contribution in [3.05, 3.63) is 148 Å². The fourth-order valence-electron chi connectivity index (χ4n) is 6.14. The van der Waals surface area contributed by atoms with Gasteiger partial charge in [0.2, 0.25) is 0 Å². The predicted octanol–water partition coefficient (Wildman–Crippen LogP) is 7.72. The number of imide groups is 2. The molecule has 0 bridgehead atoms. The van der Waals surface area contributed by atoms with Gasteiger partial charge in [0.15, 0.2) is 0 Å². The Morgan fingerprint density at radius 2 is 1.04 bits per heavy atom. The number of carbonyl (C=O) groups excluding carboxylic acids is 4. The maximum Gasteiger partial charge on any atom is 0.266 e. The van der Waals surface area contributed by atoms with Gasteiger partial charge >= 0.3 is 0 Å². The number of methoxy groups -OCH3 is 1. The van der Waals surface area contributed by atoms with Crippen molar-refractivity contribution in [3.8, 4) is 17.2 Å². The lowest BCUT2D eigenvalue weighted by molar-refractivity contribution is 0.0912. The molecule has 0 saturated carbocycles. The van der Waals surface area contributed by atoms with E-state index in [1.54, 1.807) is 61.7 Å². The number of anilines is 2. The van der Waals surface area contributed by atoms with Crippen molar-refractivity contribution < 1.29 is 28.7 Å². The van der Waals surface area contributed by atoms with Crippen molar-refractivity contribution in [1.82, 2.24) is 0 Å². The number of hydrogen-bond donors (Lipinski definition) is 0. The monoisotopic (exact) mass is 622 g/mol. The third-order valence-electron chi connectivity index (χ3n) is 8.85. The van der Waals surface area contributed by atoms with E-state index in [-0.39, 0.29) is 27.9 Å². The van der Waals surface area contributed by atoms with Crippen LogP contribution < -0.4 is 19.3 Å². The van der Waals surface area contributed by atoms with Crippen LogP contribution in [0.1, 0.15) is 72.0 Å². The molecule has 0 aromatic heterocycles. The molecule has 47 heavy (non-hydrogen) atoms. The number of nitrogens with zero attached hydrogens (tertiary/aromatic N) is 2. The number of benzene rings is 5. The zero-order valence-electron chi connectivity index (χ0n) is 26.2. The molecule has 5 aromatic rings. The van der Waals surface area contributed by atoms with Crippen LogP contribution in [-0.4, -0.2) is 30.7 Å².